The molecule has 1 aliphatic heterocycles. The molecule has 3 heterocycles. The molecule has 0 radical (unpaired) electrons. The van der Waals surface area contributed by atoms with Gasteiger partial charge in [-0.1, -0.05) is 17.4 Å². The van der Waals surface area contributed by atoms with E-state index in [1.165, 1.54) is 27.6 Å². The summed E-state index contributed by atoms with van der Waals surface area (Å²) in [5.74, 6) is 0.0605. The number of nitrogens with zero attached hydrogens (tertiary/aromatic N) is 5. The van der Waals surface area contributed by atoms with Crippen molar-refractivity contribution in [2.75, 3.05) is 31.1 Å². The van der Waals surface area contributed by atoms with Gasteiger partial charge in [0.1, 0.15) is 11.0 Å². The van der Waals surface area contributed by atoms with Crippen molar-refractivity contribution >= 4 is 55.4 Å². The molecule has 2 aromatic heterocycles. The largest absolute Gasteiger partial charge is 0.345 e. The Labute approximate surface area is 170 Å². The minimum Gasteiger partial charge on any atom is -0.345 e. The Morgan fingerprint density at radius 1 is 1.00 bits per heavy atom. The molecule has 1 amide bonds. The van der Waals surface area contributed by atoms with Gasteiger partial charge in [-0.2, -0.15) is 8.75 Å². The molecular formula is C20H19N5OS2. The molecule has 1 fully saturated rings. The molecule has 0 saturated carbocycles. The molecular weight excluding hydrogens is 390 g/mol. The topological polar surface area (TPSA) is 62.2 Å². The summed E-state index contributed by atoms with van der Waals surface area (Å²) in [6, 6.07) is 9.87. The fourth-order valence-corrected chi connectivity index (χ4v) is 5.14. The van der Waals surface area contributed by atoms with E-state index in [0.29, 0.717) is 18.7 Å². The molecule has 0 spiro atoms. The van der Waals surface area contributed by atoms with Gasteiger partial charge in [-0.15, -0.1) is 0 Å². The second-order valence-corrected chi connectivity index (χ2v) is 8.64. The Morgan fingerprint density at radius 2 is 1.79 bits per heavy atom. The number of carbonyl (C=O) groups excluding carboxylic acids is 1. The average Bonchev–Trinajstić information content (AvgIpc) is 3.37. The smallest absolute Gasteiger partial charge is 0.254 e. The monoisotopic (exact) mass is 409 g/mol. The van der Waals surface area contributed by atoms with E-state index in [4.69, 9.17) is 4.98 Å². The van der Waals surface area contributed by atoms with Crippen LogP contribution in [0.1, 0.15) is 21.5 Å². The maximum absolute atomic E-state index is 12.9. The summed E-state index contributed by atoms with van der Waals surface area (Å²) in [7, 11) is 0. The first-order chi connectivity index (χ1) is 13.6. The van der Waals surface area contributed by atoms with Gasteiger partial charge in [-0.25, -0.2) is 4.98 Å². The standard InChI is InChI=1S/C20H19N5OS2/c1-12-3-6-17-18(13(12)2)21-20(27-17)25-9-7-24(8-10-25)19(26)14-4-5-15-16(11-14)23-28-22-15/h3-6,11H,7-10H2,1-2H3. The van der Waals surface area contributed by atoms with Crippen molar-refractivity contribution in [1.82, 2.24) is 18.6 Å². The van der Waals surface area contributed by atoms with E-state index < -0.39 is 0 Å². The van der Waals surface area contributed by atoms with Crippen LogP contribution in [0.2, 0.25) is 0 Å². The van der Waals surface area contributed by atoms with E-state index in [1.54, 1.807) is 11.3 Å². The zero-order valence-corrected chi connectivity index (χ0v) is 17.3. The number of benzene rings is 2. The molecule has 0 aliphatic carbocycles. The highest BCUT2D eigenvalue weighted by molar-refractivity contribution is 7.22. The van der Waals surface area contributed by atoms with E-state index >= 15 is 0 Å². The minimum absolute atomic E-state index is 0.0605. The van der Waals surface area contributed by atoms with Crippen LogP contribution in [-0.4, -0.2) is 50.7 Å². The van der Waals surface area contributed by atoms with Crippen LogP contribution in [0.5, 0.6) is 0 Å². The third kappa shape index (κ3) is 2.93. The molecule has 5 rings (SSSR count). The lowest BCUT2D eigenvalue weighted by Crippen LogP contribution is -2.48. The maximum Gasteiger partial charge on any atom is 0.254 e. The summed E-state index contributed by atoms with van der Waals surface area (Å²) >= 11 is 2.91. The molecule has 142 valence electrons. The zero-order valence-electron chi connectivity index (χ0n) is 15.7. The van der Waals surface area contributed by atoms with Gasteiger partial charge in [0.15, 0.2) is 5.13 Å². The summed E-state index contributed by atoms with van der Waals surface area (Å²) in [4.78, 5) is 22.0. The quantitative estimate of drug-likeness (QED) is 0.503. The van der Waals surface area contributed by atoms with Crippen molar-refractivity contribution < 1.29 is 4.79 Å². The molecule has 28 heavy (non-hydrogen) atoms. The van der Waals surface area contributed by atoms with Crippen molar-refractivity contribution in [3.8, 4) is 0 Å². The number of hydrogen-bond acceptors (Lipinski definition) is 7. The van der Waals surface area contributed by atoms with E-state index in [2.05, 4.69) is 39.6 Å². The number of aromatic nitrogens is 3. The van der Waals surface area contributed by atoms with Crippen molar-refractivity contribution in [3.05, 3.63) is 47.0 Å². The molecule has 1 aliphatic rings. The number of anilines is 1. The van der Waals surface area contributed by atoms with Gasteiger partial charge >= 0.3 is 0 Å². The summed E-state index contributed by atoms with van der Waals surface area (Å²) in [6.45, 7) is 7.23. The van der Waals surface area contributed by atoms with Gasteiger partial charge in [0.25, 0.3) is 5.91 Å². The highest BCUT2D eigenvalue weighted by atomic mass is 32.1. The SMILES string of the molecule is Cc1ccc2sc(N3CCN(C(=O)c4ccc5nsnc5c4)CC3)nc2c1C. The first kappa shape index (κ1) is 17.5. The van der Waals surface area contributed by atoms with E-state index in [1.807, 2.05) is 23.1 Å². The number of fused-ring (bicyclic) bond motifs is 2. The van der Waals surface area contributed by atoms with Gasteiger partial charge in [0.05, 0.1) is 21.9 Å². The lowest BCUT2D eigenvalue weighted by Gasteiger charge is -2.34. The van der Waals surface area contributed by atoms with Crippen LogP contribution in [-0.2, 0) is 0 Å². The summed E-state index contributed by atoms with van der Waals surface area (Å²) in [5.41, 5.74) is 5.93. The van der Waals surface area contributed by atoms with E-state index in [-0.39, 0.29) is 5.91 Å². The molecule has 6 nitrogen and oxygen atoms in total. The normalized spacial score (nSPS) is 14.9. The molecule has 2 aromatic carbocycles. The number of piperazine rings is 1. The Hall–Kier alpha value is -2.58. The van der Waals surface area contributed by atoms with Crippen LogP contribution >= 0.6 is 23.1 Å². The molecule has 0 N–H and O–H groups in total. The summed E-state index contributed by atoms with van der Waals surface area (Å²) in [5, 5.41) is 1.05. The van der Waals surface area contributed by atoms with Crippen molar-refractivity contribution in [1.29, 1.82) is 0 Å². The predicted molar refractivity (Wildman–Crippen MR) is 115 cm³/mol. The van der Waals surface area contributed by atoms with Crippen LogP contribution in [0.4, 0.5) is 5.13 Å². The fourth-order valence-electron chi connectivity index (χ4n) is 3.55. The second-order valence-electron chi connectivity index (χ2n) is 7.10. The van der Waals surface area contributed by atoms with E-state index in [0.717, 1.165) is 34.8 Å². The molecule has 0 unspecified atom stereocenters. The number of amides is 1. The van der Waals surface area contributed by atoms with Crippen LogP contribution in [0.3, 0.4) is 0 Å². The van der Waals surface area contributed by atoms with Crippen LogP contribution in [0.25, 0.3) is 21.3 Å². The van der Waals surface area contributed by atoms with Crippen molar-refractivity contribution in [2.45, 2.75) is 13.8 Å². The van der Waals surface area contributed by atoms with Crippen molar-refractivity contribution in [2.24, 2.45) is 0 Å². The van der Waals surface area contributed by atoms with Gasteiger partial charge in [-0.3, -0.25) is 4.79 Å². The Morgan fingerprint density at radius 3 is 2.61 bits per heavy atom. The first-order valence-corrected chi connectivity index (χ1v) is 10.8. The number of carbonyl (C=O) groups is 1. The Balaban J connectivity index is 1.32. The minimum atomic E-state index is 0.0605. The molecule has 8 heteroatoms. The lowest BCUT2D eigenvalue weighted by atomic mass is 10.1. The fraction of sp³-hybridized carbons (Fsp3) is 0.300. The molecule has 0 bridgehead atoms. The Kier molecular flexibility index (Phi) is 4.25. The number of rotatable bonds is 2. The third-order valence-electron chi connectivity index (χ3n) is 5.41. The predicted octanol–water partition coefficient (Wildman–Crippen LogP) is 3.88. The number of aryl methyl sites for hydroxylation is 2. The van der Waals surface area contributed by atoms with Crippen LogP contribution < -0.4 is 4.90 Å². The highest BCUT2D eigenvalue weighted by Gasteiger charge is 2.24. The Bertz CT molecular complexity index is 1190. The van der Waals surface area contributed by atoms with Crippen molar-refractivity contribution in [3.63, 3.8) is 0 Å². The number of thiazole rings is 1. The lowest BCUT2D eigenvalue weighted by molar-refractivity contribution is 0.0747. The van der Waals surface area contributed by atoms with Crippen LogP contribution in [0, 0.1) is 13.8 Å². The zero-order chi connectivity index (χ0) is 19.3. The second kappa shape index (κ2) is 6.79. The average molecular weight is 410 g/mol. The van der Waals surface area contributed by atoms with Gasteiger partial charge in [0.2, 0.25) is 0 Å². The molecule has 4 aromatic rings. The summed E-state index contributed by atoms with van der Waals surface area (Å²) in [6.07, 6.45) is 0. The highest BCUT2D eigenvalue weighted by Crippen LogP contribution is 2.32. The maximum atomic E-state index is 12.9. The van der Waals surface area contributed by atoms with Gasteiger partial charge in [-0.05, 0) is 49.2 Å². The number of hydrogen-bond donors (Lipinski definition) is 0. The van der Waals surface area contributed by atoms with E-state index in [9.17, 15) is 4.79 Å². The molecule has 1 saturated heterocycles. The third-order valence-corrected chi connectivity index (χ3v) is 7.05. The van der Waals surface area contributed by atoms with Crippen LogP contribution in [0.15, 0.2) is 30.3 Å². The molecule has 0 atom stereocenters. The summed E-state index contributed by atoms with van der Waals surface area (Å²) < 4.78 is 9.66. The van der Waals surface area contributed by atoms with Gasteiger partial charge in [0, 0.05) is 31.7 Å². The first-order valence-electron chi connectivity index (χ1n) is 9.23. The van der Waals surface area contributed by atoms with Gasteiger partial charge < -0.3 is 9.80 Å².